The smallest absolute Gasteiger partial charge is 0.157 e. The van der Waals surface area contributed by atoms with E-state index >= 15 is 0 Å². The second-order valence-electron chi connectivity index (χ2n) is 2.13. The summed E-state index contributed by atoms with van der Waals surface area (Å²) in [6, 6.07) is 0. The first-order valence-electron chi connectivity index (χ1n) is 3.03. The number of rotatable bonds is 0. The third kappa shape index (κ3) is 0.625. The number of imidazole rings is 1. The van der Waals surface area contributed by atoms with Crippen LogP contribution in [0.1, 0.15) is 0 Å². The topological polar surface area (TPSA) is 41.3 Å². The van der Waals surface area contributed by atoms with Gasteiger partial charge in [0.05, 0.1) is 12.7 Å². The van der Waals surface area contributed by atoms with Crippen molar-refractivity contribution < 1.29 is 5.21 Å². The Morgan fingerprint density at radius 2 is 2.50 bits per heavy atom. The van der Waals surface area contributed by atoms with Gasteiger partial charge in [-0.3, -0.25) is 9.77 Å². The minimum absolute atomic E-state index is 0.533. The molecule has 0 bridgehead atoms. The molecule has 0 aliphatic carbocycles. The Labute approximate surface area is 58.0 Å². The molecule has 0 amide bonds. The van der Waals surface area contributed by atoms with Crippen molar-refractivity contribution in [2.75, 3.05) is 11.6 Å². The van der Waals surface area contributed by atoms with E-state index in [4.69, 9.17) is 0 Å². The van der Waals surface area contributed by atoms with Crippen molar-refractivity contribution in [1.29, 1.82) is 0 Å². The molecule has 0 saturated carbocycles. The Balaban J connectivity index is 2.52. The van der Waals surface area contributed by atoms with Gasteiger partial charge >= 0.3 is 0 Å². The molecule has 0 aromatic carbocycles. The van der Waals surface area contributed by atoms with Crippen LogP contribution in [-0.4, -0.2) is 21.3 Å². The molecular formula is C6H7N3O. The molecule has 10 heavy (non-hydrogen) atoms. The Bertz CT molecular complexity index is 266. The number of hydrogen-bond acceptors (Lipinski definition) is 3. The molecule has 0 radical (unpaired) electrons. The second kappa shape index (κ2) is 1.85. The van der Waals surface area contributed by atoms with Gasteiger partial charge in [-0.25, -0.2) is 10.0 Å². The zero-order valence-corrected chi connectivity index (χ0v) is 5.31. The summed E-state index contributed by atoms with van der Waals surface area (Å²) >= 11 is 0. The lowest BCUT2D eigenvalue weighted by molar-refractivity contribution is 0.260. The highest BCUT2D eigenvalue weighted by Gasteiger charge is 2.08. The van der Waals surface area contributed by atoms with E-state index in [1.165, 1.54) is 0 Å². The lowest BCUT2D eigenvalue weighted by atomic mass is 10.5. The predicted molar refractivity (Wildman–Crippen MR) is 36.7 cm³/mol. The predicted octanol–water partition coefficient (Wildman–Crippen LogP) is 0.563. The summed E-state index contributed by atoms with van der Waals surface area (Å²) < 4.78 is 1.75. The normalized spacial score (nSPS) is 15.5. The van der Waals surface area contributed by atoms with E-state index in [1.54, 1.807) is 17.1 Å². The van der Waals surface area contributed by atoms with Crippen molar-refractivity contribution in [1.82, 2.24) is 9.55 Å². The van der Waals surface area contributed by atoms with Crippen LogP contribution in [0, 0.1) is 0 Å². The summed E-state index contributed by atoms with van der Waals surface area (Å²) in [5, 5.41) is 10.3. The van der Waals surface area contributed by atoms with Crippen molar-refractivity contribution in [3.05, 3.63) is 18.6 Å². The Kier molecular flexibility index (Phi) is 1.01. The molecule has 4 heteroatoms. The zero-order valence-electron chi connectivity index (χ0n) is 5.31. The van der Waals surface area contributed by atoms with Gasteiger partial charge in [0.25, 0.3) is 0 Å². The number of fused-ring (bicyclic) bond motifs is 1. The van der Waals surface area contributed by atoms with Crippen LogP contribution < -0.4 is 5.06 Å². The van der Waals surface area contributed by atoms with Gasteiger partial charge in [-0.1, -0.05) is 0 Å². The van der Waals surface area contributed by atoms with Gasteiger partial charge in [0.2, 0.25) is 0 Å². The third-order valence-electron chi connectivity index (χ3n) is 1.45. The highest BCUT2D eigenvalue weighted by atomic mass is 16.5. The molecule has 0 unspecified atom stereocenters. The fraction of sp³-hybridized carbons (Fsp3) is 0.167. The number of nitrogens with zero attached hydrogens (tertiary/aromatic N) is 3. The second-order valence-corrected chi connectivity index (χ2v) is 2.13. The van der Waals surface area contributed by atoms with Crippen LogP contribution in [0.25, 0.3) is 6.20 Å². The Morgan fingerprint density at radius 3 is 3.30 bits per heavy atom. The fourth-order valence-corrected chi connectivity index (χ4v) is 0.967. The lowest BCUT2D eigenvalue weighted by Crippen LogP contribution is -2.22. The van der Waals surface area contributed by atoms with Gasteiger partial charge in [0, 0.05) is 6.20 Å². The van der Waals surface area contributed by atoms with E-state index in [9.17, 15) is 5.21 Å². The SMILES string of the molecule is ON1CC=Cn2cncc21. The lowest BCUT2D eigenvalue weighted by Gasteiger charge is -2.18. The van der Waals surface area contributed by atoms with Crippen molar-refractivity contribution in [3.8, 4) is 0 Å². The molecule has 1 aromatic rings. The molecule has 1 aromatic heterocycles. The van der Waals surface area contributed by atoms with E-state index < -0.39 is 0 Å². The molecule has 2 rings (SSSR count). The monoisotopic (exact) mass is 137 g/mol. The van der Waals surface area contributed by atoms with Crippen molar-refractivity contribution in [2.24, 2.45) is 0 Å². The first-order valence-corrected chi connectivity index (χ1v) is 3.03. The van der Waals surface area contributed by atoms with Crippen LogP contribution in [0.4, 0.5) is 5.82 Å². The minimum atomic E-state index is 0.533. The maximum absolute atomic E-state index is 9.17. The number of hydrogen-bond donors (Lipinski definition) is 1. The number of hydroxylamine groups is 1. The number of anilines is 1. The van der Waals surface area contributed by atoms with Crippen LogP contribution in [0.2, 0.25) is 0 Å². The first-order chi connectivity index (χ1) is 4.88. The van der Waals surface area contributed by atoms with Crippen LogP contribution >= 0.6 is 0 Å². The van der Waals surface area contributed by atoms with E-state index in [0.29, 0.717) is 12.4 Å². The summed E-state index contributed by atoms with van der Waals surface area (Å²) in [4.78, 5) is 3.86. The summed E-state index contributed by atoms with van der Waals surface area (Å²) in [5.41, 5.74) is 0. The molecule has 1 aliphatic heterocycles. The third-order valence-corrected chi connectivity index (χ3v) is 1.45. The molecule has 0 atom stereocenters. The van der Waals surface area contributed by atoms with Crippen LogP contribution in [0.5, 0.6) is 0 Å². The van der Waals surface area contributed by atoms with Gasteiger partial charge in [0.1, 0.15) is 6.33 Å². The van der Waals surface area contributed by atoms with E-state index in [-0.39, 0.29) is 0 Å². The van der Waals surface area contributed by atoms with Crippen LogP contribution in [0.15, 0.2) is 18.6 Å². The van der Waals surface area contributed by atoms with Crippen molar-refractivity contribution >= 4 is 12.0 Å². The molecule has 4 nitrogen and oxygen atoms in total. The zero-order chi connectivity index (χ0) is 6.97. The van der Waals surface area contributed by atoms with Gasteiger partial charge in [-0.2, -0.15) is 0 Å². The highest BCUT2D eigenvalue weighted by molar-refractivity contribution is 5.47. The number of aromatic nitrogens is 2. The maximum atomic E-state index is 9.17. The van der Waals surface area contributed by atoms with Crippen LogP contribution in [-0.2, 0) is 0 Å². The average Bonchev–Trinajstić information content (AvgIpc) is 2.36. The first kappa shape index (κ1) is 5.49. The summed E-state index contributed by atoms with van der Waals surface area (Å²) in [7, 11) is 0. The Morgan fingerprint density at radius 1 is 1.60 bits per heavy atom. The Hall–Kier alpha value is -1.29. The molecular weight excluding hydrogens is 130 g/mol. The van der Waals surface area contributed by atoms with Crippen LogP contribution in [0.3, 0.4) is 0 Å². The molecule has 0 saturated heterocycles. The van der Waals surface area contributed by atoms with Gasteiger partial charge < -0.3 is 0 Å². The molecule has 1 aliphatic rings. The van der Waals surface area contributed by atoms with Gasteiger partial charge in [0.15, 0.2) is 5.82 Å². The van der Waals surface area contributed by atoms with Crippen molar-refractivity contribution in [3.63, 3.8) is 0 Å². The van der Waals surface area contributed by atoms with Gasteiger partial charge in [-0.15, -0.1) is 0 Å². The molecule has 1 N–H and O–H groups in total. The largest absolute Gasteiger partial charge is 0.291 e. The maximum Gasteiger partial charge on any atom is 0.157 e. The standard InChI is InChI=1S/C6H7N3O/c10-9-3-1-2-8-5-7-4-6(8)9/h1-2,4-5,10H,3H2. The molecule has 0 fully saturated rings. The van der Waals surface area contributed by atoms with Crippen molar-refractivity contribution in [2.45, 2.75) is 0 Å². The van der Waals surface area contributed by atoms with E-state index in [1.807, 2.05) is 12.3 Å². The fourth-order valence-electron chi connectivity index (χ4n) is 0.967. The summed E-state index contributed by atoms with van der Waals surface area (Å²) in [6.45, 7) is 0.533. The van der Waals surface area contributed by atoms with E-state index in [2.05, 4.69) is 4.98 Å². The molecule has 2 heterocycles. The van der Waals surface area contributed by atoms with E-state index in [0.717, 1.165) is 5.06 Å². The highest BCUT2D eigenvalue weighted by Crippen LogP contribution is 2.14. The minimum Gasteiger partial charge on any atom is -0.291 e. The average molecular weight is 137 g/mol. The summed E-state index contributed by atoms with van der Waals surface area (Å²) in [5.74, 6) is 0.711. The molecule has 0 spiro atoms. The summed E-state index contributed by atoms with van der Waals surface area (Å²) in [6.07, 6.45) is 6.99. The quantitative estimate of drug-likeness (QED) is 0.568. The molecule has 52 valence electrons. The van der Waals surface area contributed by atoms with Gasteiger partial charge in [-0.05, 0) is 6.08 Å².